The van der Waals surface area contributed by atoms with E-state index in [9.17, 15) is 14.3 Å². The van der Waals surface area contributed by atoms with Gasteiger partial charge in [0.1, 0.15) is 5.82 Å². The number of rotatable bonds is 6. The van der Waals surface area contributed by atoms with Crippen LogP contribution in [0.2, 0.25) is 0 Å². The lowest BCUT2D eigenvalue weighted by molar-refractivity contribution is -0.130. The highest BCUT2D eigenvalue weighted by Gasteiger charge is 2.35. The molecule has 0 radical (unpaired) electrons. The second kappa shape index (κ2) is 6.97. The lowest BCUT2D eigenvalue weighted by Gasteiger charge is -2.31. The van der Waals surface area contributed by atoms with E-state index in [1.54, 1.807) is 19.1 Å². The number of aliphatic hydroxyl groups excluding tert-OH is 1. The van der Waals surface area contributed by atoms with E-state index >= 15 is 0 Å². The largest absolute Gasteiger partial charge is 0.387 e. The highest BCUT2D eigenvalue weighted by molar-refractivity contribution is 5.74. The van der Waals surface area contributed by atoms with Gasteiger partial charge in [-0.05, 0) is 49.9 Å². The van der Waals surface area contributed by atoms with E-state index in [4.69, 9.17) is 0 Å². The quantitative estimate of drug-likeness (QED) is 0.875. The third-order valence-electron chi connectivity index (χ3n) is 4.96. The van der Waals surface area contributed by atoms with Gasteiger partial charge in [0.25, 0.3) is 0 Å². The SMILES string of the molecule is CC(=O)N(C[C@@H]1CCCN1C[C@@H](O)c1ccc(F)cc1)C1CC1. The first-order valence-corrected chi connectivity index (χ1v) is 8.49. The summed E-state index contributed by atoms with van der Waals surface area (Å²) in [7, 11) is 0. The fraction of sp³-hybridized carbons (Fsp3) is 0.611. The molecule has 1 aliphatic heterocycles. The standard InChI is InChI=1S/C18H25FN2O2/c1-13(22)21(16-8-9-16)11-17-3-2-10-20(17)12-18(23)14-4-6-15(19)7-5-14/h4-7,16-18,23H,2-3,8-12H2,1H3/t17-,18+/m0/s1. The van der Waals surface area contributed by atoms with Crippen molar-refractivity contribution in [3.63, 3.8) is 0 Å². The van der Waals surface area contributed by atoms with Gasteiger partial charge in [-0.3, -0.25) is 9.69 Å². The van der Waals surface area contributed by atoms with Crippen molar-refractivity contribution < 1.29 is 14.3 Å². The average Bonchev–Trinajstić information content (AvgIpc) is 3.26. The Morgan fingerprint density at radius 2 is 2.04 bits per heavy atom. The first kappa shape index (κ1) is 16.4. The number of carbonyl (C=O) groups is 1. The van der Waals surface area contributed by atoms with Gasteiger partial charge in [-0.2, -0.15) is 0 Å². The van der Waals surface area contributed by atoms with E-state index in [2.05, 4.69) is 4.90 Å². The summed E-state index contributed by atoms with van der Waals surface area (Å²) < 4.78 is 13.0. The molecule has 1 amide bonds. The Morgan fingerprint density at radius 3 is 2.65 bits per heavy atom. The van der Waals surface area contributed by atoms with Gasteiger partial charge in [-0.15, -0.1) is 0 Å². The van der Waals surface area contributed by atoms with Crippen molar-refractivity contribution in [2.75, 3.05) is 19.6 Å². The molecule has 1 saturated carbocycles. The number of amides is 1. The van der Waals surface area contributed by atoms with Gasteiger partial charge in [0.15, 0.2) is 0 Å². The molecule has 5 heteroatoms. The molecule has 0 aromatic heterocycles. The number of β-amino-alcohol motifs (C(OH)–C–C–N with tert-alkyl or cyclic N) is 1. The Morgan fingerprint density at radius 1 is 1.35 bits per heavy atom. The van der Waals surface area contributed by atoms with E-state index in [0.29, 0.717) is 18.6 Å². The number of benzene rings is 1. The smallest absolute Gasteiger partial charge is 0.219 e. The Balaban J connectivity index is 1.59. The van der Waals surface area contributed by atoms with Gasteiger partial charge in [0.05, 0.1) is 6.10 Å². The van der Waals surface area contributed by atoms with E-state index in [1.165, 1.54) is 12.1 Å². The van der Waals surface area contributed by atoms with Crippen molar-refractivity contribution in [3.8, 4) is 0 Å². The highest BCUT2D eigenvalue weighted by Crippen LogP contribution is 2.30. The Kier molecular flexibility index (Phi) is 4.97. The van der Waals surface area contributed by atoms with Crippen molar-refractivity contribution in [2.24, 2.45) is 0 Å². The molecular weight excluding hydrogens is 295 g/mol. The first-order chi connectivity index (χ1) is 11.0. The number of hydrogen-bond donors (Lipinski definition) is 1. The second-order valence-electron chi connectivity index (χ2n) is 6.76. The minimum absolute atomic E-state index is 0.151. The van der Waals surface area contributed by atoms with Crippen molar-refractivity contribution in [1.29, 1.82) is 0 Å². The van der Waals surface area contributed by atoms with Crippen molar-refractivity contribution in [2.45, 2.75) is 50.8 Å². The number of nitrogens with zero attached hydrogens (tertiary/aromatic N) is 2. The Hall–Kier alpha value is -1.46. The summed E-state index contributed by atoms with van der Waals surface area (Å²) in [5.41, 5.74) is 0.739. The Bertz CT molecular complexity index is 544. The second-order valence-corrected chi connectivity index (χ2v) is 6.76. The highest BCUT2D eigenvalue weighted by atomic mass is 19.1. The summed E-state index contributed by atoms with van der Waals surface area (Å²) in [6.07, 6.45) is 3.77. The maximum absolute atomic E-state index is 13.0. The van der Waals surface area contributed by atoms with Crippen molar-refractivity contribution >= 4 is 5.91 Å². The molecule has 0 spiro atoms. The topological polar surface area (TPSA) is 43.8 Å². The molecule has 1 heterocycles. The van der Waals surface area contributed by atoms with Crippen LogP contribution in [0.25, 0.3) is 0 Å². The summed E-state index contributed by atoms with van der Waals surface area (Å²) >= 11 is 0. The average molecular weight is 320 g/mol. The molecule has 1 aromatic rings. The van der Waals surface area contributed by atoms with Gasteiger partial charge in [0, 0.05) is 32.1 Å². The summed E-state index contributed by atoms with van der Waals surface area (Å²) in [6.45, 7) is 3.88. The molecule has 1 aromatic carbocycles. The third-order valence-corrected chi connectivity index (χ3v) is 4.96. The van der Waals surface area contributed by atoms with Crippen LogP contribution in [0.15, 0.2) is 24.3 Å². The van der Waals surface area contributed by atoms with Crippen LogP contribution in [0, 0.1) is 5.82 Å². The van der Waals surface area contributed by atoms with Gasteiger partial charge < -0.3 is 10.0 Å². The van der Waals surface area contributed by atoms with E-state index < -0.39 is 6.10 Å². The normalized spacial score (nSPS) is 23.0. The fourth-order valence-corrected chi connectivity index (χ4v) is 3.50. The predicted octanol–water partition coefficient (Wildman–Crippen LogP) is 2.33. The van der Waals surface area contributed by atoms with Crippen LogP contribution in [-0.4, -0.2) is 52.5 Å². The minimum atomic E-state index is -0.622. The van der Waals surface area contributed by atoms with Crippen LogP contribution in [0.5, 0.6) is 0 Å². The molecule has 1 aliphatic carbocycles. The minimum Gasteiger partial charge on any atom is -0.387 e. The maximum atomic E-state index is 13.0. The van der Waals surface area contributed by atoms with Gasteiger partial charge >= 0.3 is 0 Å². The molecular formula is C18H25FN2O2. The number of likely N-dealkylation sites (tertiary alicyclic amines) is 1. The maximum Gasteiger partial charge on any atom is 0.219 e. The van der Waals surface area contributed by atoms with Crippen LogP contribution in [0.3, 0.4) is 0 Å². The predicted molar refractivity (Wildman–Crippen MR) is 86.4 cm³/mol. The van der Waals surface area contributed by atoms with Crippen LogP contribution >= 0.6 is 0 Å². The lowest BCUT2D eigenvalue weighted by Crippen LogP contribution is -2.44. The molecule has 2 atom stereocenters. The molecule has 3 rings (SSSR count). The third kappa shape index (κ3) is 4.09. The van der Waals surface area contributed by atoms with Crippen LogP contribution < -0.4 is 0 Å². The number of aliphatic hydroxyl groups is 1. The summed E-state index contributed by atoms with van der Waals surface area (Å²) in [5, 5.41) is 10.4. The lowest BCUT2D eigenvalue weighted by atomic mass is 10.1. The Labute approximate surface area is 136 Å². The van der Waals surface area contributed by atoms with Crippen LogP contribution in [-0.2, 0) is 4.79 Å². The number of carbonyl (C=O) groups excluding carboxylic acids is 1. The van der Waals surface area contributed by atoms with Gasteiger partial charge in [-0.25, -0.2) is 4.39 Å². The molecule has 2 fully saturated rings. The van der Waals surface area contributed by atoms with E-state index in [1.807, 2.05) is 4.90 Å². The molecule has 4 nitrogen and oxygen atoms in total. The van der Waals surface area contributed by atoms with Crippen LogP contribution in [0.1, 0.15) is 44.3 Å². The molecule has 23 heavy (non-hydrogen) atoms. The molecule has 0 bridgehead atoms. The van der Waals surface area contributed by atoms with Gasteiger partial charge in [0.2, 0.25) is 5.91 Å². The zero-order chi connectivity index (χ0) is 16.4. The first-order valence-electron chi connectivity index (χ1n) is 8.49. The monoisotopic (exact) mass is 320 g/mol. The summed E-state index contributed by atoms with van der Waals surface area (Å²) in [4.78, 5) is 16.1. The fourth-order valence-electron chi connectivity index (χ4n) is 3.50. The zero-order valence-corrected chi connectivity index (χ0v) is 13.6. The van der Waals surface area contributed by atoms with E-state index in [-0.39, 0.29) is 11.7 Å². The molecule has 0 unspecified atom stereocenters. The van der Waals surface area contributed by atoms with Crippen molar-refractivity contribution in [1.82, 2.24) is 9.80 Å². The summed E-state index contributed by atoms with van der Waals surface area (Å²) in [6, 6.07) is 6.77. The number of halogens is 1. The van der Waals surface area contributed by atoms with E-state index in [0.717, 1.165) is 44.3 Å². The zero-order valence-electron chi connectivity index (χ0n) is 13.6. The van der Waals surface area contributed by atoms with Crippen LogP contribution in [0.4, 0.5) is 4.39 Å². The molecule has 2 aliphatic rings. The number of hydrogen-bond acceptors (Lipinski definition) is 3. The van der Waals surface area contributed by atoms with Crippen molar-refractivity contribution in [3.05, 3.63) is 35.6 Å². The summed E-state index contributed by atoms with van der Waals surface area (Å²) in [5.74, 6) is -0.139. The molecule has 126 valence electrons. The van der Waals surface area contributed by atoms with Gasteiger partial charge in [-0.1, -0.05) is 12.1 Å². The molecule has 1 N–H and O–H groups in total. The molecule has 1 saturated heterocycles.